The van der Waals surface area contributed by atoms with Crippen LogP contribution in [0.5, 0.6) is 5.75 Å². The molecule has 2 atom stereocenters. The SMILES string of the molecule is COc1ccc([C@@H]2C[C@H]2c2ccccc2)cc1. The summed E-state index contributed by atoms with van der Waals surface area (Å²) in [6.07, 6.45) is 1.27. The Balaban J connectivity index is 1.76. The Morgan fingerprint density at radius 3 is 2.00 bits per heavy atom. The van der Waals surface area contributed by atoms with Crippen molar-refractivity contribution in [1.82, 2.24) is 0 Å². The van der Waals surface area contributed by atoms with E-state index in [-0.39, 0.29) is 0 Å². The van der Waals surface area contributed by atoms with E-state index in [0.29, 0.717) is 11.8 Å². The predicted octanol–water partition coefficient (Wildman–Crippen LogP) is 3.97. The maximum atomic E-state index is 5.18. The van der Waals surface area contributed by atoms with Crippen molar-refractivity contribution < 1.29 is 4.74 Å². The van der Waals surface area contributed by atoms with Gasteiger partial charge in [0.2, 0.25) is 0 Å². The zero-order chi connectivity index (χ0) is 11.7. The highest BCUT2D eigenvalue weighted by Gasteiger charge is 2.39. The van der Waals surface area contributed by atoms with Crippen molar-refractivity contribution in [1.29, 1.82) is 0 Å². The van der Waals surface area contributed by atoms with E-state index in [2.05, 4.69) is 54.6 Å². The third-order valence-electron chi connectivity index (χ3n) is 3.56. The molecule has 0 heterocycles. The lowest BCUT2D eigenvalue weighted by Gasteiger charge is -2.03. The Labute approximate surface area is 102 Å². The molecule has 0 aliphatic heterocycles. The molecule has 0 unspecified atom stereocenters. The Kier molecular flexibility index (Phi) is 2.60. The molecule has 0 saturated heterocycles. The van der Waals surface area contributed by atoms with Crippen LogP contribution in [0.15, 0.2) is 54.6 Å². The normalized spacial score (nSPS) is 22.2. The molecule has 1 heteroatoms. The Morgan fingerprint density at radius 2 is 1.41 bits per heavy atom. The first-order chi connectivity index (χ1) is 8.38. The van der Waals surface area contributed by atoms with Crippen LogP contribution in [0.2, 0.25) is 0 Å². The van der Waals surface area contributed by atoms with Gasteiger partial charge in [-0.2, -0.15) is 0 Å². The highest BCUT2D eigenvalue weighted by molar-refractivity contribution is 5.38. The second-order valence-corrected chi connectivity index (χ2v) is 4.63. The molecule has 0 bridgehead atoms. The van der Waals surface area contributed by atoms with Crippen molar-refractivity contribution in [2.24, 2.45) is 0 Å². The molecular weight excluding hydrogens is 208 g/mol. The fourth-order valence-corrected chi connectivity index (χ4v) is 2.48. The molecule has 17 heavy (non-hydrogen) atoms. The van der Waals surface area contributed by atoms with Gasteiger partial charge >= 0.3 is 0 Å². The molecule has 0 N–H and O–H groups in total. The van der Waals surface area contributed by atoms with Crippen LogP contribution in [0.4, 0.5) is 0 Å². The maximum absolute atomic E-state index is 5.18. The Morgan fingerprint density at radius 1 is 0.824 bits per heavy atom. The van der Waals surface area contributed by atoms with Crippen LogP contribution in [0.1, 0.15) is 29.4 Å². The minimum absolute atomic E-state index is 0.698. The average molecular weight is 224 g/mol. The molecule has 3 rings (SSSR count). The first-order valence-corrected chi connectivity index (χ1v) is 6.07. The average Bonchev–Trinajstić information content (AvgIpc) is 3.20. The van der Waals surface area contributed by atoms with Crippen LogP contribution in [-0.2, 0) is 0 Å². The Hall–Kier alpha value is -1.76. The van der Waals surface area contributed by atoms with Crippen molar-refractivity contribution in [2.75, 3.05) is 7.11 Å². The summed E-state index contributed by atoms with van der Waals surface area (Å²) in [5.41, 5.74) is 2.90. The summed E-state index contributed by atoms with van der Waals surface area (Å²) in [5, 5.41) is 0. The fraction of sp³-hybridized carbons (Fsp3) is 0.250. The van der Waals surface area contributed by atoms with Gasteiger partial charge < -0.3 is 4.74 Å². The van der Waals surface area contributed by atoms with E-state index in [1.54, 1.807) is 7.11 Å². The summed E-state index contributed by atoms with van der Waals surface area (Å²) in [7, 11) is 1.71. The van der Waals surface area contributed by atoms with Crippen LogP contribution in [0, 0.1) is 0 Å². The number of methoxy groups -OCH3 is 1. The van der Waals surface area contributed by atoms with Gasteiger partial charge in [-0.25, -0.2) is 0 Å². The molecule has 0 aromatic heterocycles. The third-order valence-corrected chi connectivity index (χ3v) is 3.56. The van der Waals surface area contributed by atoms with Gasteiger partial charge in [-0.1, -0.05) is 42.5 Å². The van der Waals surface area contributed by atoms with Crippen LogP contribution in [0.25, 0.3) is 0 Å². The van der Waals surface area contributed by atoms with Gasteiger partial charge in [-0.05, 0) is 41.5 Å². The molecule has 2 aromatic carbocycles. The van der Waals surface area contributed by atoms with Crippen molar-refractivity contribution in [2.45, 2.75) is 18.3 Å². The van der Waals surface area contributed by atoms with E-state index in [1.807, 2.05) is 0 Å². The highest BCUT2D eigenvalue weighted by Crippen LogP contribution is 2.54. The smallest absolute Gasteiger partial charge is 0.118 e. The first-order valence-electron chi connectivity index (χ1n) is 6.07. The standard InChI is InChI=1S/C16H16O/c1-17-14-9-7-13(8-10-14)16-11-15(16)12-5-3-2-4-6-12/h2-10,15-16H,11H2,1H3/t15-,16-/m0/s1. The second kappa shape index (κ2) is 4.25. The zero-order valence-corrected chi connectivity index (χ0v) is 9.97. The quantitative estimate of drug-likeness (QED) is 0.766. The monoisotopic (exact) mass is 224 g/mol. The van der Waals surface area contributed by atoms with Crippen LogP contribution < -0.4 is 4.74 Å². The van der Waals surface area contributed by atoms with Gasteiger partial charge in [0.05, 0.1) is 7.11 Å². The molecule has 1 aliphatic rings. The molecule has 1 aliphatic carbocycles. The topological polar surface area (TPSA) is 9.23 Å². The van der Waals surface area contributed by atoms with Gasteiger partial charge in [0, 0.05) is 0 Å². The van der Waals surface area contributed by atoms with Crippen LogP contribution in [-0.4, -0.2) is 7.11 Å². The first kappa shape index (κ1) is 10.4. The van der Waals surface area contributed by atoms with Crippen molar-refractivity contribution in [3.8, 4) is 5.75 Å². The van der Waals surface area contributed by atoms with E-state index in [0.717, 1.165) is 5.75 Å². The minimum atomic E-state index is 0.698. The van der Waals surface area contributed by atoms with Crippen molar-refractivity contribution in [3.05, 3.63) is 65.7 Å². The van der Waals surface area contributed by atoms with E-state index >= 15 is 0 Å². The highest BCUT2D eigenvalue weighted by atomic mass is 16.5. The van der Waals surface area contributed by atoms with E-state index in [9.17, 15) is 0 Å². The van der Waals surface area contributed by atoms with Gasteiger partial charge in [-0.15, -0.1) is 0 Å². The summed E-state index contributed by atoms with van der Waals surface area (Å²) in [5.74, 6) is 2.35. The number of rotatable bonds is 3. The lowest BCUT2D eigenvalue weighted by Crippen LogP contribution is -1.86. The molecule has 0 amide bonds. The van der Waals surface area contributed by atoms with Crippen molar-refractivity contribution >= 4 is 0 Å². The zero-order valence-electron chi connectivity index (χ0n) is 9.97. The molecule has 0 radical (unpaired) electrons. The van der Waals surface area contributed by atoms with E-state index < -0.39 is 0 Å². The number of ether oxygens (including phenoxy) is 1. The maximum Gasteiger partial charge on any atom is 0.118 e. The largest absolute Gasteiger partial charge is 0.497 e. The summed E-state index contributed by atoms with van der Waals surface area (Å²) in [6.45, 7) is 0. The molecular formula is C16H16O. The predicted molar refractivity (Wildman–Crippen MR) is 69.5 cm³/mol. The Bertz CT molecular complexity index is 487. The summed E-state index contributed by atoms with van der Waals surface area (Å²) in [6, 6.07) is 19.3. The summed E-state index contributed by atoms with van der Waals surface area (Å²) < 4.78 is 5.18. The van der Waals surface area contributed by atoms with Gasteiger partial charge in [0.25, 0.3) is 0 Å². The summed E-state index contributed by atoms with van der Waals surface area (Å²) >= 11 is 0. The van der Waals surface area contributed by atoms with Crippen LogP contribution >= 0.6 is 0 Å². The molecule has 1 fully saturated rings. The van der Waals surface area contributed by atoms with Crippen molar-refractivity contribution in [3.63, 3.8) is 0 Å². The molecule has 86 valence electrons. The number of hydrogen-bond acceptors (Lipinski definition) is 1. The fourth-order valence-electron chi connectivity index (χ4n) is 2.48. The lowest BCUT2D eigenvalue weighted by atomic mass is 10.0. The molecule has 0 spiro atoms. The van der Waals surface area contributed by atoms with Gasteiger partial charge in [0.1, 0.15) is 5.75 Å². The molecule has 2 aromatic rings. The second-order valence-electron chi connectivity index (χ2n) is 4.63. The minimum Gasteiger partial charge on any atom is -0.497 e. The van der Waals surface area contributed by atoms with Crippen LogP contribution in [0.3, 0.4) is 0 Å². The van der Waals surface area contributed by atoms with Gasteiger partial charge in [0.15, 0.2) is 0 Å². The lowest BCUT2D eigenvalue weighted by molar-refractivity contribution is 0.414. The number of benzene rings is 2. The number of hydrogen-bond donors (Lipinski definition) is 0. The van der Waals surface area contributed by atoms with Gasteiger partial charge in [-0.3, -0.25) is 0 Å². The molecule has 1 nitrogen and oxygen atoms in total. The van der Waals surface area contributed by atoms with E-state index in [4.69, 9.17) is 4.74 Å². The third kappa shape index (κ3) is 2.05. The summed E-state index contributed by atoms with van der Waals surface area (Å²) in [4.78, 5) is 0. The molecule has 1 saturated carbocycles. The van der Waals surface area contributed by atoms with E-state index in [1.165, 1.54) is 17.5 Å².